The Morgan fingerprint density at radius 1 is 1.38 bits per heavy atom. The Bertz CT molecular complexity index is 377. The normalized spacial score (nSPS) is 34.1. The monoisotopic (exact) mass is 238 g/mol. The minimum Gasteiger partial charge on any atom is -0.392 e. The first-order valence-corrected chi connectivity index (χ1v) is 7.29. The Morgan fingerprint density at radius 2 is 2.06 bits per heavy atom. The average molecular weight is 238 g/mol. The molecule has 1 saturated heterocycles. The van der Waals surface area contributed by atoms with E-state index in [9.17, 15) is 9.67 Å². The van der Waals surface area contributed by atoms with Crippen molar-refractivity contribution in [1.82, 2.24) is 0 Å². The van der Waals surface area contributed by atoms with Crippen LogP contribution in [-0.2, 0) is 15.7 Å². The number of rotatable bonds is 3. The number of aliphatic hydroxyl groups is 1. The van der Waals surface area contributed by atoms with E-state index in [1.165, 1.54) is 0 Å². The maximum absolute atomic E-state index is 12.1. The van der Waals surface area contributed by atoms with E-state index >= 15 is 0 Å². The molecule has 16 heavy (non-hydrogen) atoms. The highest BCUT2D eigenvalue weighted by atomic mass is 31.2. The van der Waals surface area contributed by atoms with Crippen molar-refractivity contribution in [2.45, 2.75) is 12.7 Å². The van der Waals surface area contributed by atoms with Gasteiger partial charge in [-0.2, -0.15) is 0 Å². The Morgan fingerprint density at radius 3 is 2.62 bits per heavy atom. The largest absolute Gasteiger partial charge is 0.392 e. The van der Waals surface area contributed by atoms with Crippen LogP contribution in [0.4, 0.5) is 0 Å². The lowest BCUT2D eigenvalue weighted by Gasteiger charge is -2.12. The van der Waals surface area contributed by atoms with Crippen LogP contribution in [-0.4, -0.2) is 23.5 Å². The summed E-state index contributed by atoms with van der Waals surface area (Å²) >= 11 is 0. The predicted molar refractivity (Wildman–Crippen MR) is 62.4 cm³/mol. The van der Waals surface area contributed by atoms with E-state index in [-0.39, 0.29) is 12.3 Å². The Hall–Kier alpha value is -0.630. The van der Waals surface area contributed by atoms with Gasteiger partial charge in [0.2, 0.25) is 7.37 Å². The fourth-order valence-corrected chi connectivity index (χ4v) is 4.28. The van der Waals surface area contributed by atoms with Crippen molar-refractivity contribution >= 4 is 7.37 Å². The second-order valence-corrected chi connectivity index (χ2v) is 6.79. The van der Waals surface area contributed by atoms with Gasteiger partial charge in [-0.3, -0.25) is 4.57 Å². The molecule has 1 aliphatic heterocycles. The number of hydrogen-bond donors (Lipinski definition) is 1. The van der Waals surface area contributed by atoms with Gasteiger partial charge in [-0.05, 0) is 18.4 Å². The van der Waals surface area contributed by atoms with Gasteiger partial charge < -0.3 is 9.63 Å². The lowest BCUT2D eigenvalue weighted by atomic mass is 10.1. The molecule has 4 heteroatoms. The Kier molecular flexibility index (Phi) is 3.48. The molecule has 0 bridgehead atoms. The van der Waals surface area contributed by atoms with E-state index in [1.54, 1.807) is 0 Å². The summed E-state index contributed by atoms with van der Waals surface area (Å²) in [6, 6.07) is 9.56. The molecule has 3 unspecified atom stereocenters. The summed E-state index contributed by atoms with van der Waals surface area (Å²) in [4.78, 5) is 0. The molecule has 2 radical (unpaired) electrons. The van der Waals surface area contributed by atoms with Crippen LogP contribution in [0.15, 0.2) is 30.3 Å². The molecule has 1 heterocycles. The van der Waals surface area contributed by atoms with Gasteiger partial charge in [-0.25, -0.2) is 0 Å². The first-order chi connectivity index (χ1) is 7.59. The van der Waals surface area contributed by atoms with E-state index in [0.29, 0.717) is 6.61 Å². The van der Waals surface area contributed by atoms with Crippen LogP contribution >= 0.6 is 7.37 Å². The predicted octanol–water partition coefficient (Wildman–Crippen LogP) is 2.18. The van der Waals surface area contributed by atoms with Crippen LogP contribution in [0.3, 0.4) is 0 Å². The quantitative estimate of drug-likeness (QED) is 0.821. The summed E-state index contributed by atoms with van der Waals surface area (Å²) in [6.07, 6.45) is -0.233. The van der Waals surface area contributed by atoms with Crippen LogP contribution < -0.4 is 0 Å². The summed E-state index contributed by atoms with van der Waals surface area (Å²) < 4.78 is 17.6. The molecule has 1 fully saturated rings. The van der Waals surface area contributed by atoms with Gasteiger partial charge in [0.15, 0.2) is 0 Å². The molecule has 1 aromatic carbocycles. The lowest BCUT2D eigenvalue weighted by molar-refractivity contribution is 0.169. The van der Waals surface area contributed by atoms with Gasteiger partial charge in [0.25, 0.3) is 0 Å². The lowest BCUT2D eigenvalue weighted by Crippen LogP contribution is -2.13. The molecular weight excluding hydrogens is 223 g/mol. The van der Waals surface area contributed by atoms with E-state index in [1.807, 2.05) is 30.3 Å². The molecular formula is C12H15O3P. The standard InChI is InChI=1S/C12H15O3P/c1-10-8-16(14,9-12(10)13)15-7-11-5-3-2-4-6-11/h1-6,10,12-13H,7-9H2. The van der Waals surface area contributed by atoms with Crippen molar-refractivity contribution in [1.29, 1.82) is 0 Å². The van der Waals surface area contributed by atoms with Crippen molar-refractivity contribution in [3.63, 3.8) is 0 Å². The molecule has 0 amide bonds. The fourth-order valence-electron chi connectivity index (χ4n) is 1.81. The summed E-state index contributed by atoms with van der Waals surface area (Å²) in [6.45, 7) is 5.94. The zero-order chi connectivity index (χ0) is 11.6. The molecule has 3 nitrogen and oxygen atoms in total. The zero-order valence-corrected chi connectivity index (χ0v) is 9.85. The molecule has 0 saturated carbocycles. The van der Waals surface area contributed by atoms with Crippen molar-refractivity contribution < 1.29 is 14.2 Å². The van der Waals surface area contributed by atoms with Crippen molar-refractivity contribution in [3.8, 4) is 0 Å². The van der Waals surface area contributed by atoms with Crippen molar-refractivity contribution in [2.75, 3.05) is 12.3 Å². The van der Waals surface area contributed by atoms with E-state index in [2.05, 4.69) is 0 Å². The Labute approximate surface area is 95.9 Å². The van der Waals surface area contributed by atoms with Gasteiger partial charge in [-0.15, -0.1) is 0 Å². The fraction of sp³-hybridized carbons (Fsp3) is 0.417. The third kappa shape index (κ3) is 2.73. The smallest absolute Gasteiger partial charge is 0.206 e. The highest BCUT2D eigenvalue weighted by molar-refractivity contribution is 7.59. The van der Waals surface area contributed by atoms with Gasteiger partial charge in [0, 0.05) is 6.16 Å². The SMILES string of the molecule is [CH]C1CP(=O)(OCc2ccccc2)CC1O. The molecule has 0 spiro atoms. The minimum atomic E-state index is -2.72. The first-order valence-electron chi connectivity index (χ1n) is 5.29. The number of aliphatic hydroxyl groups excluding tert-OH is 1. The summed E-state index contributed by atoms with van der Waals surface area (Å²) in [7, 11) is -2.72. The zero-order valence-electron chi connectivity index (χ0n) is 8.95. The van der Waals surface area contributed by atoms with E-state index in [4.69, 9.17) is 11.4 Å². The molecule has 0 aromatic heterocycles. The molecule has 3 atom stereocenters. The molecule has 86 valence electrons. The van der Waals surface area contributed by atoms with Crippen LogP contribution in [0.25, 0.3) is 0 Å². The first kappa shape index (κ1) is 11.8. The minimum absolute atomic E-state index is 0.182. The summed E-state index contributed by atoms with van der Waals surface area (Å²) in [5.41, 5.74) is 0.979. The molecule has 1 aromatic rings. The van der Waals surface area contributed by atoms with Crippen LogP contribution in [0.5, 0.6) is 0 Å². The number of benzene rings is 1. The van der Waals surface area contributed by atoms with Crippen LogP contribution in [0, 0.1) is 12.8 Å². The second-order valence-electron chi connectivity index (χ2n) is 4.17. The summed E-state index contributed by atoms with van der Waals surface area (Å²) in [5, 5.41) is 9.45. The molecule has 0 aliphatic carbocycles. The highest BCUT2D eigenvalue weighted by Crippen LogP contribution is 2.55. The second kappa shape index (κ2) is 4.70. The molecule has 1 aliphatic rings. The average Bonchev–Trinajstić information content (AvgIpc) is 2.53. The maximum Gasteiger partial charge on any atom is 0.206 e. The van der Waals surface area contributed by atoms with E-state index < -0.39 is 19.4 Å². The third-order valence-electron chi connectivity index (χ3n) is 2.76. The molecule has 1 N–H and O–H groups in total. The van der Waals surface area contributed by atoms with Gasteiger partial charge in [0.1, 0.15) is 0 Å². The number of hydrogen-bond acceptors (Lipinski definition) is 3. The third-order valence-corrected chi connectivity index (χ3v) is 5.27. The van der Waals surface area contributed by atoms with Crippen molar-refractivity contribution in [3.05, 3.63) is 42.8 Å². The van der Waals surface area contributed by atoms with Crippen molar-refractivity contribution in [2.24, 2.45) is 5.92 Å². The van der Waals surface area contributed by atoms with Gasteiger partial charge in [-0.1, -0.05) is 30.3 Å². The van der Waals surface area contributed by atoms with Crippen LogP contribution in [0.1, 0.15) is 5.56 Å². The van der Waals surface area contributed by atoms with E-state index in [0.717, 1.165) is 5.56 Å². The van der Waals surface area contributed by atoms with Gasteiger partial charge >= 0.3 is 0 Å². The molecule has 2 rings (SSSR count). The maximum atomic E-state index is 12.1. The Balaban J connectivity index is 1.94. The summed E-state index contributed by atoms with van der Waals surface area (Å²) in [5.74, 6) is -0.415. The highest BCUT2D eigenvalue weighted by Gasteiger charge is 2.39. The van der Waals surface area contributed by atoms with Gasteiger partial charge in [0.05, 0.1) is 18.9 Å². The van der Waals surface area contributed by atoms with Crippen LogP contribution in [0.2, 0.25) is 0 Å². The topological polar surface area (TPSA) is 46.5 Å².